The Morgan fingerprint density at radius 3 is 2.64 bits per heavy atom. The lowest BCUT2D eigenvalue weighted by atomic mass is 10.2. The molecule has 0 saturated carbocycles. The second-order valence-electron chi connectivity index (χ2n) is 5.20. The smallest absolute Gasteiger partial charge is 0.314 e. The van der Waals surface area contributed by atoms with Gasteiger partial charge >= 0.3 is 6.43 Å². The first-order valence-electron chi connectivity index (χ1n) is 7.39. The highest BCUT2D eigenvalue weighted by atomic mass is 32.1. The van der Waals surface area contributed by atoms with Crippen molar-refractivity contribution >= 4 is 22.7 Å². The summed E-state index contributed by atoms with van der Waals surface area (Å²) in [5.74, 6) is -0.535. The zero-order valence-corrected chi connectivity index (χ0v) is 14.4. The van der Waals surface area contributed by atoms with Crippen LogP contribution in [0.4, 0.5) is 8.78 Å². The molecule has 0 N–H and O–H groups in total. The van der Waals surface area contributed by atoms with E-state index in [-0.39, 0.29) is 5.89 Å². The Kier molecular flexibility index (Phi) is 4.37. The van der Waals surface area contributed by atoms with Crippen molar-refractivity contribution in [3.63, 3.8) is 0 Å². The molecule has 0 aliphatic heterocycles. The van der Waals surface area contributed by atoms with Crippen LogP contribution in [-0.4, -0.2) is 15.2 Å². The lowest BCUT2D eigenvalue weighted by Crippen LogP contribution is -1.84. The molecule has 0 saturated heterocycles. The Morgan fingerprint density at radius 2 is 1.88 bits per heavy atom. The lowest BCUT2D eigenvalue weighted by Gasteiger charge is -1.94. The first-order chi connectivity index (χ1) is 12.2. The van der Waals surface area contributed by atoms with Crippen molar-refractivity contribution < 1.29 is 13.2 Å². The molecule has 0 unspecified atom stereocenters. The molecule has 126 valence electrons. The highest BCUT2D eigenvalue weighted by molar-refractivity contribution is 7.15. The molecule has 0 aliphatic carbocycles. The zero-order valence-electron chi connectivity index (χ0n) is 12.7. The number of halogens is 2. The van der Waals surface area contributed by atoms with Crippen LogP contribution in [0, 0.1) is 0 Å². The maximum absolute atomic E-state index is 12.5. The van der Waals surface area contributed by atoms with E-state index in [1.54, 1.807) is 17.4 Å². The van der Waals surface area contributed by atoms with Crippen molar-refractivity contribution in [2.75, 3.05) is 0 Å². The fourth-order valence-corrected chi connectivity index (χ4v) is 4.06. The van der Waals surface area contributed by atoms with E-state index < -0.39 is 12.3 Å². The van der Waals surface area contributed by atoms with Crippen LogP contribution in [0.3, 0.4) is 0 Å². The number of thiazole rings is 1. The number of thiophene rings is 1. The van der Waals surface area contributed by atoms with Gasteiger partial charge in [0, 0.05) is 22.2 Å². The Labute approximate surface area is 149 Å². The molecule has 1 aromatic carbocycles. The van der Waals surface area contributed by atoms with E-state index in [1.807, 2.05) is 41.8 Å². The van der Waals surface area contributed by atoms with Crippen LogP contribution in [0.2, 0.25) is 0 Å². The minimum absolute atomic E-state index is 0.120. The van der Waals surface area contributed by atoms with Gasteiger partial charge in [-0.05, 0) is 12.1 Å². The first-order valence-corrected chi connectivity index (χ1v) is 9.09. The molecule has 8 heteroatoms. The summed E-state index contributed by atoms with van der Waals surface area (Å²) in [4.78, 5) is 6.39. The molecular weight excluding hydrogens is 364 g/mol. The third-order valence-electron chi connectivity index (χ3n) is 3.43. The van der Waals surface area contributed by atoms with Crippen LogP contribution in [0.25, 0.3) is 21.3 Å². The molecule has 0 aliphatic rings. The van der Waals surface area contributed by atoms with E-state index >= 15 is 0 Å². The van der Waals surface area contributed by atoms with E-state index in [0.717, 1.165) is 21.1 Å². The molecule has 3 heterocycles. The summed E-state index contributed by atoms with van der Waals surface area (Å²) in [5.41, 5.74) is 2.06. The fraction of sp³-hybridized carbons (Fsp3) is 0.118. The number of nitrogens with zero attached hydrogens (tertiary/aromatic N) is 3. The van der Waals surface area contributed by atoms with Gasteiger partial charge in [0.2, 0.25) is 0 Å². The molecule has 0 bridgehead atoms. The van der Waals surface area contributed by atoms with Crippen LogP contribution in [0.1, 0.15) is 22.9 Å². The third kappa shape index (κ3) is 3.49. The number of aromatic nitrogens is 3. The van der Waals surface area contributed by atoms with Gasteiger partial charge in [0.1, 0.15) is 5.01 Å². The van der Waals surface area contributed by atoms with Crippen molar-refractivity contribution in [3.8, 4) is 21.3 Å². The molecule has 0 radical (unpaired) electrons. The van der Waals surface area contributed by atoms with Crippen molar-refractivity contribution in [1.29, 1.82) is 0 Å². The third-order valence-corrected chi connectivity index (χ3v) is 5.44. The van der Waals surface area contributed by atoms with Crippen LogP contribution < -0.4 is 0 Å². The highest BCUT2D eigenvalue weighted by Crippen LogP contribution is 2.31. The molecule has 0 amide bonds. The van der Waals surface area contributed by atoms with Crippen LogP contribution >= 0.6 is 22.7 Å². The molecule has 3 aromatic heterocycles. The van der Waals surface area contributed by atoms with Crippen LogP contribution in [0.5, 0.6) is 0 Å². The largest absolute Gasteiger partial charge is 0.414 e. The maximum Gasteiger partial charge on any atom is 0.314 e. The van der Waals surface area contributed by atoms with Gasteiger partial charge < -0.3 is 4.42 Å². The van der Waals surface area contributed by atoms with Gasteiger partial charge in [0.25, 0.3) is 11.8 Å². The SMILES string of the molecule is FC(F)c1nnc(-c2ccc(Cc3csc(-c4ccccc4)n3)s2)o1. The summed E-state index contributed by atoms with van der Waals surface area (Å²) in [6.07, 6.45) is -2.09. The van der Waals surface area contributed by atoms with Crippen molar-refractivity contribution in [1.82, 2.24) is 15.2 Å². The van der Waals surface area contributed by atoms with Gasteiger partial charge in [-0.15, -0.1) is 32.9 Å². The Morgan fingerprint density at radius 1 is 1.04 bits per heavy atom. The fourth-order valence-electron chi connectivity index (χ4n) is 2.29. The molecule has 0 fully saturated rings. The quantitative estimate of drug-likeness (QED) is 0.465. The summed E-state index contributed by atoms with van der Waals surface area (Å²) < 4.78 is 30.0. The van der Waals surface area contributed by atoms with Gasteiger partial charge in [-0.1, -0.05) is 30.3 Å². The second-order valence-corrected chi connectivity index (χ2v) is 7.23. The molecule has 0 spiro atoms. The molecule has 4 rings (SSSR count). The number of benzene rings is 1. The standard InChI is InChI=1S/C17H11F2N3OS2/c18-14(19)16-22-21-15(23-16)13-7-6-12(25-13)8-11-9-24-17(20-11)10-4-2-1-3-5-10/h1-7,9,14H,8H2. The average molecular weight is 375 g/mol. The van der Waals surface area contributed by atoms with Gasteiger partial charge in [-0.2, -0.15) is 8.78 Å². The van der Waals surface area contributed by atoms with Crippen molar-refractivity contribution in [3.05, 3.63) is 64.3 Å². The van der Waals surface area contributed by atoms with Crippen molar-refractivity contribution in [2.45, 2.75) is 12.8 Å². The molecule has 25 heavy (non-hydrogen) atoms. The topological polar surface area (TPSA) is 51.8 Å². The highest BCUT2D eigenvalue weighted by Gasteiger charge is 2.18. The summed E-state index contributed by atoms with van der Waals surface area (Å²) in [5, 5.41) is 10.0. The van der Waals surface area contributed by atoms with E-state index in [4.69, 9.17) is 4.42 Å². The van der Waals surface area contributed by atoms with Gasteiger partial charge in [0.15, 0.2) is 0 Å². The second kappa shape index (κ2) is 6.81. The van der Waals surface area contributed by atoms with Crippen molar-refractivity contribution in [2.24, 2.45) is 0 Å². The van der Waals surface area contributed by atoms with E-state index in [2.05, 4.69) is 15.2 Å². The summed E-state index contributed by atoms with van der Waals surface area (Å²) in [6, 6.07) is 13.7. The van der Waals surface area contributed by atoms with E-state index in [0.29, 0.717) is 11.3 Å². The Balaban J connectivity index is 1.50. The summed E-state index contributed by atoms with van der Waals surface area (Å²) in [6.45, 7) is 0. The monoisotopic (exact) mass is 375 g/mol. The normalized spacial score (nSPS) is 11.3. The van der Waals surface area contributed by atoms with Gasteiger partial charge in [0.05, 0.1) is 10.6 Å². The Bertz CT molecular complexity index is 979. The molecule has 4 aromatic rings. The Hall–Kier alpha value is -2.45. The number of hydrogen-bond donors (Lipinski definition) is 0. The van der Waals surface area contributed by atoms with Gasteiger partial charge in [-0.3, -0.25) is 0 Å². The van der Waals surface area contributed by atoms with Crippen LogP contribution in [-0.2, 0) is 6.42 Å². The minimum Gasteiger partial charge on any atom is -0.414 e. The molecule has 0 atom stereocenters. The summed E-state index contributed by atoms with van der Waals surface area (Å²) in [7, 11) is 0. The minimum atomic E-state index is -2.76. The molecular formula is C17H11F2N3OS2. The summed E-state index contributed by atoms with van der Waals surface area (Å²) >= 11 is 3.04. The predicted octanol–water partition coefficient (Wildman–Crippen LogP) is 5.45. The molecule has 4 nitrogen and oxygen atoms in total. The lowest BCUT2D eigenvalue weighted by molar-refractivity contribution is 0.116. The maximum atomic E-state index is 12.5. The average Bonchev–Trinajstić information content (AvgIpc) is 3.36. The van der Waals surface area contributed by atoms with Crippen LogP contribution in [0.15, 0.2) is 52.3 Å². The van der Waals surface area contributed by atoms with E-state index in [1.165, 1.54) is 11.3 Å². The first kappa shape index (κ1) is 16.0. The number of rotatable bonds is 5. The number of hydrogen-bond acceptors (Lipinski definition) is 6. The zero-order chi connectivity index (χ0) is 17.2. The predicted molar refractivity (Wildman–Crippen MR) is 92.9 cm³/mol. The van der Waals surface area contributed by atoms with Gasteiger partial charge in [-0.25, -0.2) is 4.98 Å². The van der Waals surface area contributed by atoms with E-state index in [9.17, 15) is 8.78 Å². The number of alkyl halides is 2.